The molecule has 2 atom stereocenters. The van der Waals surface area contributed by atoms with Crippen molar-refractivity contribution < 1.29 is 14.3 Å². The van der Waals surface area contributed by atoms with Crippen molar-refractivity contribution in [2.45, 2.75) is 43.2 Å². The van der Waals surface area contributed by atoms with Gasteiger partial charge in [0.2, 0.25) is 5.91 Å². The number of urea groups is 1. The molecule has 2 aromatic heterocycles. The minimum Gasteiger partial charge on any atom is -0.491 e. The van der Waals surface area contributed by atoms with E-state index in [1.54, 1.807) is 30.1 Å². The summed E-state index contributed by atoms with van der Waals surface area (Å²) in [6.07, 6.45) is 8.93. The summed E-state index contributed by atoms with van der Waals surface area (Å²) in [7, 11) is 0. The largest absolute Gasteiger partial charge is 0.491 e. The molecule has 0 saturated heterocycles. The quantitative estimate of drug-likeness (QED) is 0.554. The van der Waals surface area contributed by atoms with Crippen LogP contribution in [0, 0.1) is 0 Å². The number of hydrogen-bond donors (Lipinski definition) is 2. The van der Waals surface area contributed by atoms with E-state index < -0.39 is 12.1 Å². The van der Waals surface area contributed by atoms with Gasteiger partial charge < -0.3 is 15.8 Å². The molecule has 1 aromatic carbocycles. The van der Waals surface area contributed by atoms with Crippen LogP contribution in [0.5, 0.6) is 5.75 Å². The van der Waals surface area contributed by atoms with Crippen molar-refractivity contribution in [3.8, 4) is 16.9 Å². The average Bonchev–Trinajstić information content (AvgIpc) is 2.86. The molecule has 9 heteroatoms. The van der Waals surface area contributed by atoms with E-state index in [0.717, 1.165) is 40.4 Å². The predicted octanol–water partition coefficient (Wildman–Crippen LogP) is 4.26. The summed E-state index contributed by atoms with van der Waals surface area (Å²) in [5, 5.41) is 3.00. The van der Waals surface area contributed by atoms with E-state index in [9.17, 15) is 9.59 Å². The molecule has 3 amide bonds. The van der Waals surface area contributed by atoms with Crippen LogP contribution in [-0.2, 0) is 4.79 Å². The molecule has 3 aromatic rings. The molecule has 8 nitrogen and oxygen atoms in total. The smallest absolute Gasteiger partial charge is 0.320 e. The molecule has 182 valence electrons. The zero-order valence-corrected chi connectivity index (χ0v) is 20.4. The fourth-order valence-corrected chi connectivity index (χ4v) is 4.97. The number of ether oxygens (including phenoxy) is 1. The Kier molecular flexibility index (Phi) is 8.20. The maximum Gasteiger partial charge on any atom is 0.320 e. The molecule has 0 aliphatic carbocycles. The van der Waals surface area contributed by atoms with Gasteiger partial charge in [-0.15, -0.1) is 11.8 Å². The topological polar surface area (TPSA) is 110 Å². The fourth-order valence-electron chi connectivity index (χ4n) is 4.04. The average molecular weight is 492 g/mol. The lowest BCUT2D eigenvalue weighted by Crippen LogP contribution is -2.54. The van der Waals surface area contributed by atoms with Gasteiger partial charge in [-0.2, -0.15) is 0 Å². The van der Waals surface area contributed by atoms with E-state index in [2.05, 4.69) is 21.4 Å². The van der Waals surface area contributed by atoms with Gasteiger partial charge in [-0.1, -0.05) is 24.6 Å². The maximum atomic E-state index is 13.4. The predicted molar refractivity (Wildman–Crippen MR) is 137 cm³/mol. The standard InChI is InChI=1S/C26H29N5O3S/c1-18-17-34-24-10-3-2-8-22(24)19-13-21(16-29-14-19)35-12-5-4-9-23(25(32)30-18)31(26(27)33)20-7-6-11-28-15-20/h2-3,6-8,10-11,13-16,18,23H,4-5,9,12,17H2,1H3,(H2,27,33)(H,30,32)/t18-,23+/m1/s1. The first-order valence-electron chi connectivity index (χ1n) is 11.6. The van der Waals surface area contributed by atoms with Gasteiger partial charge in [0.25, 0.3) is 0 Å². The second-order valence-corrected chi connectivity index (χ2v) is 9.57. The van der Waals surface area contributed by atoms with Crippen LogP contribution in [0.4, 0.5) is 10.5 Å². The number of amides is 3. The monoisotopic (exact) mass is 491 g/mol. The SMILES string of the molecule is C[C@@H]1COc2ccccc2-c2cncc(c2)SCCCC[C@H](N(C(N)=O)c2cccnc2)C(=O)N1. The number of thioether (sulfide) groups is 1. The van der Waals surface area contributed by atoms with Gasteiger partial charge >= 0.3 is 6.03 Å². The number of nitrogens with zero attached hydrogens (tertiary/aromatic N) is 3. The summed E-state index contributed by atoms with van der Waals surface area (Å²) in [5.41, 5.74) is 8.15. The first-order chi connectivity index (χ1) is 17.0. The number of rotatable bonds is 2. The lowest BCUT2D eigenvalue weighted by Gasteiger charge is -2.30. The Morgan fingerprint density at radius 1 is 1.14 bits per heavy atom. The molecule has 1 aliphatic rings. The molecule has 0 radical (unpaired) electrons. The highest BCUT2D eigenvalue weighted by Crippen LogP contribution is 2.32. The Bertz CT molecular complexity index is 1160. The number of nitrogens with two attached hydrogens (primary N) is 1. The maximum absolute atomic E-state index is 13.4. The molecule has 1 aliphatic heterocycles. The number of aromatic nitrogens is 2. The minimum absolute atomic E-state index is 0.265. The zero-order valence-electron chi connectivity index (χ0n) is 19.6. The summed E-state index contributed by atoms with van der Waals surface area (Å²) in [6.45, 7) is 2.14. The Morgan fingerprint density at radius 3 is 2.80 bits per heavy atom. The lowest BCUT2D eigenvalue weighted by atomic mass is 10.1. The van der Waals surface area contributed by atoms with Crippen molar-refractivity contribution in [3.63, 3.8) is 0 Å². The van der Waals surface area contributed by atoms with Crippen LogP contribution in [-0.4, -0.2) is 46.3 Å². The number of hydrogen-bond acceptors (Lipinski definition) is 6. The molecule has 3 N–H and O–H groups in total. The Morgan fingerprint density at radius 2 is 2.00 bits per heavy atom. The van der Waals surface area contributed by atoms with Gasteiger partial charge in [-0.3, -0.25) is 19.7 Å². The van der Waals surface area contributed by atoms with Crippen molar-refractivity contribution in [3.05, 3.63) is 67.3 Å². The first kappa shape index (κ1) is 24.5. The van der Waals surface area contributed by atoms with Gasteiger partial charge in [-0.25, -0.2) is 4.79 Å². The third-order valence-corrected chi connectivity index (χ3v) is 6.75. The van der Waals surface area contributed by atoms with E-state index in [0.29, 0.717) is 12.1 Å². The number of carbonyl (C=O) groups is 2. The Balaban J connectivity index is 1.61. The second-order valence-electron chi connectivity index (χ2n) is 8.41. The number of benzene rings is 1. The molecule has 3 heterocycles. The Hall–Kier alpha value is -3.59. The fraction of sp³-hybridized carbons (Fsp3) is 0.308. The molecular weight excluding hydrogens is 462 g/mol. The van der Waals surface area contributed by atoms with Crippen LogP contribution < -0.4 is 20.7 Å². The summed E-state index contributed by atoms with van der Waals surface area (Å²) in [4.78, 5) is 36.7. The lowest BCUT2D eigenvalue weighted by molar-refractivity contribution is -0.123. The van der Waals surface area contributed by atoms with E-state index in [-0.39, 0.29) is 18.6 Å². The molecular formula is C26H29N5O3S. The normalized spacial score (nSPS) is 19.1. The number of fused-ring (bicyclic) bond motifs is 4. The van der Waals surface area contributed by atoms with E-state index in [4.69, 9.17) is 10.5 Å². The van der Waals surface area contributed by atoms with E-state index >= 15 is 0 Å². The van der Waals surface area contributed by atoms with Crippen LogP contribution in [0.2, 0.25) is 0 Å². The molecule has 4 rings (SSSR count). The van der Waals surface area contributed by atoms with Gasteiger partial charge in [0.1, 0.15) is 18.4 Å². The van der Waals surface area contributed by atoms with Crippen LogP contribution >= 0.6 is 11.8 Å². The van der Waals surface area contributed by atoms with Gasteiger partial charge in [0, 0.05) is 34.6 Å². The number of para-hydroxylation sites is 1. The summed E-state index contributed by atoms with van der Waals surface area (Å²) >= 11 is 1.71. The molecule has 2 bridgehead atoms. The van der Waals surface area contributed by atoms with Crippen LogP contribution in [0.3, 0.4) is 0 Å². The molecule has 35 heavy (non-hydrogen) atoms. The van der Waals surface area contributed by atoms with Gasteiger partial charge in [0.15, 0.2) is 0 Å². The number of carbonyl (C=O) groups excluding carboxylic acids is 2. The second kappa shape index (κ2) is 11.7. The summed E-state index contributed by atoms with van der Waals surface area (Å²) < 4.78 is 6.11. The van der Waals surface area contributed by atoms with Crippen LogP contribution in [0.1, 0.15) is 26.2 Å². The summed E-state index contributed by atoms with van der Waals surface area (Å²) in [6, 6.07) is 11.6. The number of anilines is 1. The van der Waals surface area contributed by atoms with Crippen molar-refractivity contribution in [2.75, 3.05) is 17.3 Å². The molecule has 0 saturated carbocycles. The number of pyridine rings is 2. The van der Waals surface area contributed by atoms with Crippen molar-refractivity contribution >= 4 is 29.4 Å². The molecule has 0 spiro atoms. The van der Waals surface area contributed by atoms with Crippen molar-refractivity contribution in [1.29, 1.82) is 0 Å². The third-order valence-electron chi connectivity index (χ3n) is 5.71. The van der Waals surface area contributed by atoms with Crippen molar-refractivity contribution in [1.82, 2.24) is 15.3 Å². The van der Waals surface area contributed by atoms with Crippen molar-refractivity contribution in [2.24, 2.45) is 5.73 Å². The van der Waals surface area contributed by atoms with E-state index in [1.807, 2.05) is 43.6 Å². The summed E-state index contributed by atoms with van der Waals surface area (Å²) in [5.74, 6) is 1.30. The highest BCUT2D eigenvalue weighted by molar-refractivity contribution is 7.99. The zero-order chi connectivity index (χ0) is 24.6. The number of primary amides is 1. The number of nitrogens with one attached hydrogen (secondary N) is 1. The third kappa shape index (κ3) is 6.30. The van der Waals surface area contributed by atoms with Crippen LogP contribution in [0.25, 0.3) is 11.1 Å². The molecule has 0 fully saturated rings. The van der Waals surface area contributed by atoms with Crippen LogP contribution in [0.15, 0.2) is 72.1 Å². The van der Waals surface area contributed by atoms with Gasteiger partial charge in [0.05, 0.1) is 17.9 Å². The highest BCUT2D eigenvalue weighted by Gasteiger charge is 2.30. The highest BCUT2D eigenvalue weighted by atomic mass is 32.2. The minimum atomic E-state index is -0.755. The van der Waals surface area contributed by atoms with Gasteiger partial charge in [-0.05, 0) is 49.8 Å². The first-order valence-corrected chi connectivity index (χ1v) is 12.6. The van der Waals surface area contributed by atoms with E-state index in [1.165, 1.54) is 11.1 Å². The molecule has 0 unspecified atom stereocenters. The Labute approximate surface area is 209 Å².